The SMILES string of the molecule is COc1ccc(CC(=O)N(C)c2nccs2)cc1. The van der Waals surface area contributed by atoms with E-state index in [2.05, 4.69) is 4.98 Å². The first-order chi connectivity index (χ1) is 8.70. The molecule has 0 spiro atoms. The molecule has 2 rings (SSSR count). The van der Waals surface area contributed by atoms with E-state index >= 15 is 0 Å². The summed E-state index contributed by atoms with van der Waals surface area (Å²) in [4.78, 5) is 17.7. The normalized spacial score (nSPS) is 10.1. The number of methoxy groups -OCH3 is 1. The standard InChI is InChI=1S/C13H14N2O2S/c1-15(13-14-7-8-18-13)12(16)9-10-3-5-11(17-2)6-4-10/h3-8H,9H2,1-2H3. The molecule has 0 atom stereocenters. The predicted molar refractivity (Wildman–Crippen MR) is 72.2 cm³/mol. The maximum absolute atomic E-state index is 12.0. The fourth-order valence-electron chi connectivity index (χ4n) is 1.52. The number of thiazole rings is 1. The Kier molecular flexibility index (Phi) is 3.94. The molecule has 0 bridgehead atoms. The molecule has 1 aromatic carbocycles. The number of benzene rings is 1. The molecular weight excluding hydrogens is 248 g/mol. The van der Waals surface area contributed by atoms with Gasteiger partial charge in [-0.1, -0.05) is 12.1 Å². The Morgan fingerprint density at radius 2 is 2.11 bits per heavy atom. The first kappa shape index (κ1) is 12.6. The summed E-state index contributed by atoms with van der Waals surface area (Å²) < 4.78 is 5.08. The quantitative estimate of drug-likeness (QED) is 0.849. The van der Waals surface area contributed by atoms with Crippen molar-refractivity contribution in [3.63, 3.8) is 0 Å². The minimum absolute atomic E-state index is 0.0233. The van der Waals surface area contributed by atoms with Crippen molar-refractivity contribution in [2.24, 2.45) is 0 Å². The Labute approximate surface area is 110 Å². The van der Waals surface area contributed by atoms with Gasteiger partial charge in [-0.15, -0.1) is 11.3 Å². The maximum atomic E-state index is 12.0. The minimum Gasteiger partial charge on any atom is -0.497 e. The van der Waals surface area contributed by atoms with Crippen LogP contribution in [0.2, 0.25) is 0 Å². The van der Waals surface area contributed by atoms with Crippen molar-refractivity contribution in [2.75, 3.05) is 19.1 Å². The van der Waals surface area contributed by atoms with Gasteiger partial charge in [-0.05, 0) is 17.7 Å². The summed E-state index contributed by atoms with van der Waals surface area (Å²) in [7, 11) is 3.36. The van der Waals surface area contributed by atoms with E-state index in [1.165, 1.54) is 11.3 Å². The summed E-state index contributed by atoms with van der Waals surface area (Å²) in [6, 6.07) is 7.50. The van der Waals surface area contributed by atoms with Gasteiger partial charge in [0.1, 0.15) is 5.75 Å². The zero-order valence-corrected chi connectivity index (χ0v) is 11.1. The Morgan fingerprint density at radius 3 is 2.67 bits per heavy atom. The molecule has 1 aromatic heterocycles. The highest BCUT2D eigenvalue weighted by Gasteiger charge is 2.13. The predicted octanol–water partition coefficient (Wildman–Crippen LogP) is 2.36. The van der Waals surface area contributed by atoms with Gasteiger partial charge >= 0.3 is 0 Å². The van der Waals surface area contributed by atoms with E-state index in [9.17, 15) is 4.79 Å². The summed E-state index contributed by atoms with van der Waals surface area (Å²) in [6.45, 7) is 0. The van der Waals surface area contributed by atoms with Crippen molar-refractivity contribution >= 4 is 22.4 Å². The number of aromatic nitrogens is 1. The Hall–Kier alpha value is -1.88. The summed E-state index contributed by atoms with van der Waals surface area (Å²) in [5, 5.41) is 2.57. The van der Waals surface area contributed by atoms with Gasteiger partial charge in [-0.25, -0.2) is 4.98 Å². The molecule has 4 nitrogen and oxygen atoms in total. The van der Waals surface area contributed by atoms with Crippen molar-refractivity contribution in [3.05, 3.63) is 41.4 Å². The molecule has 1 amide bonds. The van der Waals surface area contributed by atoms with Crippen molar-refractivity contribution in [1.82, 2.24) is 4.98 Å². The molecule has 0 saturated carbocycles. The number of hydrogen-bond acceptors (Lipinski definition) is 4. The van der Waals surface area contributed by atoms with E-state index in [-0.39, 0.29) is 5.91 Å². The zero-order chi connectivity index (χ0) is 13.0. The van der Waals surface area contributed by atoms with Crippen LogP contribution >= 0.6 is 11.3 Å². The smallest absolute Gasteiger partial charge is 0.232 e. The maximum Gasteiger partial charge on any atom is 0.232 e. The molecule has 94 valence electrons. The van der Waals surface area contributed by atoms with E-state index < -0.39 is 0 Å². The number of amides is 1. The first-order valence-electron chi connectivity index (χ1n) is 5.49. The fraction of sp³-hybridized carbons (Fsp3) is 0.231. The van der Waals surface area contributed by atoms with E-state index in [1.807, 2.05) is 29.6 Å². The molecule has 1 heterocycles. The molecule has 0 unspecified atom stereocenters. The number of carbonyl (C=O) groups is 1. The molecular formula is C13H14N2O2S. The van der Waals surface area contributed by atoms with Gasteiger partial charge in [-0.3, -0.25) is 9.69 Å². The molecule has 0 radical (unpaired) electrons. The third-order valence-electron chi connectivity index (χ3n) is 2.59. The summed E-state index contributed by atoms with van der Waals surface area (Å²) in [6.07, 6.45) is 2.05. The van der Waals surface area contributed by atoms with E-state index in [4.69, 9.17) is 4.74 Å². The van der Waals surface area contributed by atoms with Gasteiger partial charge < -0.3 is 4.74 Å². The summed E-state index contributed by atoms with van der Waals surface area (Å²) in [5.41, 5.74) is 0.962. The number of rotatable bonds is 4. The van der Waals surface area contributed by atoms with Crippen molar-refractivity contribution < 1.29 is 9.53 Å². The second kappa shape index (κ2) is 5.64. The van der Waals surface area contributed by atoms with Crippen LogP contribution in [0, 0.1) is 0 Å². The average molecular weight is 262 g/mol. The van der Waals surface area contributed by atoms with Crippen LogP contribution in [-0.4, -0.2) is 25.0 Å². The molecule has 18 heavy (non-hydrogen) atoms. The third kappa shape index (κ3) is 2.87. The van der Waals surface area contributed by atoms with Crippen LogP contribution < -0.4 is 9.64 Å². The number of anilines is 1. The Bertz CT molecular complexity index is 508. The number of likely N-dealkylation sites (N-methyl/N-ethyl adjacent to an activating group) is 1. The highest BCUT2D eigenvalue weighted by molar-refractivity contribution is 7.13. The van der Waals surface area contributed by atoms with Gasteiger partial charge in [0.25, 0.3) is 0 Å². The van der Waals surface area contributed by atoms with Crippen molar-refractivity contribution in [1.29, 1.82) is 0 Å². The lowest BCUT2D eigenvalue weighted by molar-refractivity contribution is -0.117. The number of ether oxygens (including phenoxy) is 1. The molecule has 0 fully saturated rings. The molecule has 0 aliphatic rings. The highest BCUT2D eigenvalue weighted by atomic mass is 32.1. The monoisotopic (exact) mass is 262 g/mol. The topological polar surface area (TPSA) is 42.4 Å². The van der Waals surface area contributed by atoms with Crippen LogP contribution in [0.15, 0.2) is 35.8 Å². The largest absolute Gasteiger partial charge is 0.497 e. The van der Waals surface area contributed by atoms with Crippen LogP contribution in [0.4, 0.5) is 5.13 Å². The molecule has 0 N–H and O–H groups in total. The lowest BCUT2D eigenvalue weighted by Gasteiger charge is -2.13. The average Bonchev–Trinajstić information content (AvgIpc) is 2.92. The van der Waals surface area contributed by atoms with Crippen LogP contribution in [-0.2, 0) is 11.2 Å². The van der Waals surface area contributed by atoms with Gasteiger partial charge in [0, 0.05) is 18.6 Å². The molecule has 2 aromatic rings. The summed E-state index contributed by atoms with van der Waals surface area (Å²) in [5.74, 6) is 0.814. The summed E-state index contributed by atoms with van der Waals surface area (Å²) >= 11 is 1.45. The van der Waals surface area contributed by atoms with Crippen LogP contribution in [0.5, 0.6) is 5.75 Å². The third-order valence-corrected chi connectivity index (χ3v) is 3.44. The lowest BCUT2D eigenvalue weighted by Crippen LogP contribution is -2.27. The minimum atomic E-state index is 0.0233. The van der Waals surface area contributed by atoms with E-state index in [0.717, 1.165) is 11.3 Å². The Morgan fingerprint density at radius 1 is 1.39 bits per heavy atom. The first-order valence-corrected chi connectivity index (χ1v) is 6.37. The number of hydrogen-bond donors (Lipinski definition) is 0. The molecule has 0 aliphatic heterocycles. The van der Waals surface area contributed by atoms with Crippen LogP contribution in [0.1, 0.15) is 5.56 Å². The molecule has 0 saturated heterocycles. The van der Waals surface area contributed by atoms with Gasteiger partial charge in [-0.2, -0.15) is 0 Å². The second-order valence-electron chi connectivity index (χ2n) is 3.79. The molecule has 5 heteroatoms. The lowest BCUT2D eigenvalue weighted by atomic mass is 10.1. The molecule has 0 aliphatic carbocycles. The number of nitrogens with zero attached hydrogens (tertiary/aromatic N) is 2. The van der Waals surface area contributed by atoms with Crippen LogP contribution in [0.25, 0.3) is 0 Å². The van der Waals surface area contributed by atoms with Crippen LogP contribution in [0.3, 0.4) is 0 Å². The van der Waals surface area contributed by atoms with E-state index in [1.54, 1.807) is 25.3 Å². The van der Waals surface area contributed by atoms with Crippen molar-refractivity contribution in [2.45, 2.75) is 6.42 Å². The second-order valence-corrected chi connectivity index (χ2v) is 4.67. The highest BCUT2D eigenvalue weighted by Crippen LogP contribution is 2.17. The van der Waals surface area contributed by atoms with Crippen molar-refractivity contribution in [3.8, 4) is 5.75 Å². The number of carbonyl (C=O) groups excluding carboxylic acids is 1. The van der Waals surface area contributed by atoms with Gasteiger partial charge in [0.15, 0.2) is 5.13 Å². The van der Waals surface area contributed by atoms with Gasteiger partial charge in [0.05, 0.1) is 13.5 Å². The fourth-order valence-corrected chi connectivity index (χ4v) is 2.15. The Balaban J connectivity index is 2.02. The van der Waals surface area contributed by atoms with E-state index in [0.29, 0.717) is 11.6 Å². The van der Waals surface area contributed by atoms with Gasteiger partial charge in [0.2, 0.25) is 5.91 Å². The zero-order valence-electron chi connectivity index (χ0n) is 10.3.